The lowest BCUT2D eigenvalue weighted by Gasteiger charge is -2.09. The summed E-state index contributed by atoms with van der Waals surface area (Å²) >= 11 is 1.31. The molecule has 92 valence electrons. The smallest absolute Gasteiger partial charge is 0.276 e. The molecular weight excluding hydrogens is 232 g/mol. The number of thioether (sulfide) groups is 1. The number of aliphatic hydroxyl groups is 1. The van der Waals surface area contributed by atoms with Crippen molar-refractivity contribution in [3.63, 3.8) is 0 Å². The van der Waals surface area contributed by atoms with E-state index in [1.54, 1.807) is 14.0 Å². The lowest BCUT2D eigenvalue weighted by Crippen LogP contribution is -2.19. The van der Waals surface area contributed by atoms with E-state index in [-0.39, 0.29) is 6.61 Å². The van der Waals surface area contributed by atoms with E-state index in [9.17, 15) is 5.11 Å². The Bertz CT molecular complexity index is 295. The van der Waals surface area contributed by atoms with Crippen LogP contribution in [0.25, 0.3) is 0 Å². The summed E-state index contributed by atoms with van der Waals surface area (Å²) in [6, 6.07) is 0. The van der Waals surface area contributed by atoms with Gasteiger partial charge in [0.25, 0.3) is 5.22 Å². The first kappa shape index (κ1) is 13.4. The summed E-state index contributed by atoms with van der Waals surface area (Å²) in [6.45, 7) is 3.02. The van der Waals surface area contributed by atoms with Crippen molar-refractivity contribution in [2.24, 2.45) is 0 Å². The molecule has 0 aliphatic rings. The number of aliphatic hydroxyl groups excluding tert-OH is 1. The second-order valence-electron chi connectivity index (χ2n) is 3.12. The van der Waals surface area contributed by atoms with Crippen molar-refractivity contribution in [3.05, 3.63) is 5.89 Å². The molecule has 1 unspecified atom stereocenters. The van der Waals surface area contributed by atoms with Gasteiger partial charge >= 0.3 is 0 Å². The molecule has 1 N–H and O–H groups in total. The first-order valence-electron chi connectivity index (χ1n) is 4.90. The van der Waals surface area contributed by atoms with Gasteiger partial charge in [0.05, 0.1) is 25.9 Å². The van der Waals surface area contributed by atoms with E-state index in [2.05, 4.69) is 10.2 Å². The van der Waals surface area contributed by atoms with Crippen molar-refractivity contribution in [2.45, 2.75) is 18.3 Å². The van der Waals surface area contributed by atoms with Crippen LogP contribution in [0.5, 0.6) is 0 Å². The molecule has 1 rings (SSSR count). The highest BCUT2D eigenvalue weighted by atomic mass is 32.2. The van der Waals surface area contributed by atoms with Crippen LogP contribution in [0.15, 0.2) is 9.64 Å². The van der Waals surface area contributed by atoms with Gasteiger partial charge in [-0.15, -0.1) is 10.2 Å². The van der Waals surface area contributed by atoms with Crippen molar-refractivity contribution in [3.8, 4) is 0 Å². The summed E-state index contributed by atoms with van der Waals surface area (Å²) in [6.07, 6.45) is -0.547. The molecule has 16 heavy (non-hydrogen) atoms. The molecule has 0 aliphatic heterocycles. The van der Waals surface area contributed by atoms with Gasteiger partial charge in [-0.3, -0.25) is 0 Å². The Morgan fingerprint density at radius 2 is 2.25 bits per heavy atom. The molecule has 0 amide bonds. The van der Waals surface area contributed by atoms with Gasteiger partial charge < -0.3 is 19.0 Å². The van der Waals surface area contributed by atoms with Crippen molar-refractivity contribution in [1.82, 2.24) is 10.2 Å². The van der Waals surface area contributed by atoms with Crippen LogP contribution >= 0.6 is 11.8 Å². The average molecular weight is 248 g/mol. The van der Waals surface area contributed by atoms with E-state index < -0.39 is 6.10 Å². The van der Waals surface area contributed by atoms with E-state index in [0.717, 1.165) is 0 Å². The van der Waals surface area contributed by atoms with Crippen LogP contribution in [0.4, 0.5) is 0 Å². The molecule has 1 aromatic heterocycles. The van der Waals surface area contributed by atoms with Crippen molar-refractivity contribution < 1.29 is 19.0 Å². The maximum Gasteiger partial charge on any atom is 0.276 e. The minimum atomic E-state index is -0.547. The molecule has 0 saturated carbocycles. The van der Waals surface area contributed by atoms with Crippen molar-refractivity contribution in [2.75, 3.05) is 32.7 Å². The Kier molecular flexibility index (Phi) is 6.39. The van der Waals surface area contributed by atoms with Gasteiger partial charge in [-0.25, -0.2) is 0 Å². The van der Waals surface area contributed by atoms with Gasteiger partial charge in [0, 0.05) is 19.8 Å². The largest absolute Gasteiger partial charge is 0.416 e. The van der Waals surface area contributed by atoms with Crippen LogP contribution in [0.2, 0.25) is 0 Å². The van der Waals surface area contributed by atoms with Crippen LogP contribution in [0, 0.1) is 6.92 Å². The highest BCUT2D eigenvalue weighted by molar-refractivity contribution is 7.99. The summed E-state index contributed by atoms with van der Waals surface area (Å²) in [7, 11) is 1.60. The Morgan fingerprint density at radius 3 is 2.88 bits per heavy atom. The van der Waals surface area contributed by atoms with Gasteiger partial charge in [0.2, 0.25) is 5.89 Å². The average Bonchev–Trinajstić information content (AvgIpc) is 2.68. The number of ether oxygens (including phenoxy) is 2. The second-order valence-corrected chi connectivity index (χ2v) is 4.09. The number of aromatic nitrogens is 2. The summed E-state index contributed by atoms with van der Waals surface area (Å²) < 4.78 is 15.1. The van der Waals surface area contributed by atoms with Gasteiger partial charge in [-0.2, -0.15) is 0 Å². The Morgan fingerprint density at radius 1 is 1.44 bits per heavy atom. The quantitative estimate of drug-likeness (QED) is 0.530. The van der Waals surface area contributed by atoms with Crippen LogP contribution in [0.3, 0.4) is 0 Å². The SMILES string of the molecule is COCCOCC(O)CSc1nnc(C)o1. The van der Waals surface area contributed by atoms with Crippen LogP contribution < -0.4 is 0 Å². The number of methoxy groups -OCH3 is 1. The molecule has 0 aromatic carbocycles. The van der Waals surface area contributed by atoms with E-state index in [4.69, 9.17) is 13.9 Å². The summed E-state index contributed by atoms with van der Waals surface area (Å²) in [5.41, 5.74) is 0. The molecule has 0 radical (unpaired) electrons. The first-order valence-corrected chi connectivity index (χ1v) is 5.88. The molecule has 0 bridgehead atoms. The third kappa shape index (κ3) is 5.45. The Labute approximate surface area is 98.3 Å². The third-order valence-corrected chi connectivity index (χ3v) is 2.61. The highest BCUT2D eigenvalue weighted by Gasteiger charge is 2.09. The molecule has 1 heterocycles. The number of hydrogen-bond donors (Lipinski definition) is 1. The van der Waals surface area contributed by atoms with Gasteiger partial charge in [-0.05, 0) is 0 Å². The summed E-state index contributed by atoms with van der Waals surface area (Å²) in [5.74, 6) is 0.988. The molecule has 0 spiro atoms. The normalized spacial score (nSPS) is 12.9. The van der Waals surface area contributed by atoms with Gasteiger partial charge in [0.1, 0.15) is 0 Å². The molecular formula is C9H16N2O4S. The Balaban J connectivity index is 2.08. The van der Waals surface area contributed by atoms with Gasteiger partial charge in [-0.1, -0.05) is 11.8 Å². The zero-order valence-corrected chi connectivity index (χ0v) is 10.2. The molecule has 0 aliphatic carbocycles. The lowest BCUT2D eigenvalue weighted by molar-refractivity contribution is 0.0218. The fourth-order valence-corrected chi connectivity index (χ4v) is 1.62. The summed E-state index contributed by atoms with van der Waals surface area (Å²) in [4.78, 5) is 0. The second kappa shape index (κ2) is 7.61. The standard InChI is InChI=1S/C9H16N2O4S/c1-7-10-11-9(15-7)16-6-8(12)5-14-4-3-13-2/h8,12H,3-6H2,1-2H3. The number of hydrogen-bond acceptors (Lipinski definition) is 7. The van der Waals surface area contributed by atoms with Crippen molar-refractivity contribution in [1.29, 1.82) is 0 Å². The molecule has 1 aromatic rings. The molecule has 1 atom stereocenters. The predicted molar refractivity (Wildman–Crippen MR) is 58.5 cm³/mol. The first-order chi connectivity index (χ1) is 7.72. The van der Waals surface area contributed by atoms with Crippen molar-refractivity contribution >= 4 is 11.8 Å². The molecule has 7 heteroatoms. The molecule has 0 saturated heterocycles. The maximum absolute atomic E-state index is 9.54. The minimum absolute atomic E-state index is 0.281. The van der Waals surface area contributed by atoms with E-state index in [0.29, 0.717) is 30.1 Å². The monoisotopic (exact) mass is 248 g/mol. The zero-order chi connectivity index (χ0) is 11.8. The zero-order valence-electron chi connectivity index (χ0n) is 9.38. The van der Waals surface area contributed by atoms with Crippen LogP contribution in [0.1, 0.15) is 5.89 Å². The number of aryl methyl sites for hydroxylation is 1. The fourth-order valence-electron chi connectivity index (χ4n) is 0.914. The lowest BCUT2D eigenvalue weighted by atomic mass is 10.4. The van der Waals surface area contributed by atoms with Gasteiger partial charge in [0.15, 0.2) is 0 Å². The van der Waals surface area contributed by atoms with E-state index in [1.807, 2.05) is 0 Å². The topological polar surface area (TPSA) is 77.6 Å². The van der Waals surface area contributed by atoms with E-state index in [1.165, 1.54) is 11.8 Å². The summed E-state index contributed by atoms with van der Waals surface area (Å²) in [5, 5.41) is 17.5. The number of nitrogens with zero attached hydrogens (tertiary/aromatic N) is 2. The highest BCUT2D eigenvalue weighted by Crippen LogP contribution is 2.16. The molecule has 0 fully saturated rings. The minimum Gasteiger partial charge on any atom is -0.416 e. The predicted octanol–water partition coefficient (Wildman–Crippen LogP) is 0.494. The van der Waals surface area contributed by atoms with E-state index >= 15 is 0 Å². The van der Waals surface area contributed by atoms with Crippen LogP contribution in [-0.2, 0) is 9.47 Å². The number of rotatable bonds is 8. The maximum atomic E-state index is 9.54. The Hall–Kier alpha value is -0.630. The fraction of sp³-hybridized carbons (Fsp3) is 0.778. The third-order valence-electron chi connectivity index (χ3n) is 1.65. The van der Waals surface area contributed by atoms with Crippen LogP contribution in [-0.4, -0.2) is 54.1 Å². The molecule has 6 nitrogen and oxygen atoms in total.